The van der Waals surface area contributed by atoms with Gasteiger partial charge < -0.3 is 29.7 Å². The van der Waals surface area contributed by atoms with Gasteiger partial charge in [0.15, 0.2) is 17.2 Å². The third-order valence-electron chi connectivity index (χ3n) is 7.00. The van der Waals surface area contributed by atoms with Crippen LogP contribution in [0.1, 0.15) is 91.5 Å². The van der Waals surface area contributed by atoms with Gasteiger partial charge in [0.1, 0.15) is 17.3 Å². The highest BCUT2D eigenvalue weighted by atomic mass is 16.5. The fourth-order valence-electron chi connectivity index (χ4n) is 4.86. The summed E-state index contributed by atoms with van der Waals surface area (Å²) in [6.07, 6.45) is 1.27. The molecule has 1 aliphatic rings. The van der Waals surface area contributed by atoms with Crippen LogP contribution in [0.3, 0.4) is 0 Å². The molecule has 11 heteroatoms. The number of carboxylic acid groups (broad SMARTS) is 1. The van der Waals surface area contributed by atoms with Gasteiger partial charge in [0, 0.05) is 50.3 Å². The van der Waals surface area contributed by atoms with Crippen molar-refractivity contribution in [3.8, 4) is 11.5 Å². The minimum atomic E-state index is -0.872. The van der Waals surface area contributed by atoms with Crippen LogP contribution in [0.2, 0.25) is 0 Å². The van der Waals surface area contributed by atoms with Gasteiger partial charge in [-0.05, 0) is 43.4 Å². The fraction of sp³-hybridized carbons (Fsp3) is 0.516. The molecule has 1 aliphatic heterocycles. The first kappa shape index (κ1) is 32.4. The lowest BCUT2D eigenvalue weighted by Gasteiger charge is -2.30. The summed E-state index contributed by atoms with van der Waals surface area (Å²) < 4.78 is 11.8. The molecule has 0 spiro atoms. The third-order valence-corrected chi connectivity index (χ3v) is 7.00. The molecule has 1 amide bonds. The molecule has 1 aromatic heterocycles. The Balaban J connectivity index is 1.95. The minimum absolute atomic E-state index is 0.0112. The molecule has 0 atom stereocenters. The molecule has 0 aliphatic carbocycles. The maximum atomic E-state index is 13.8. The Morgan fingerprint density at radius 2 is 1.88 bits per heavy atom. The first-order chi connectivity index (χ1) is 19.8. The smallest absolute Gasteiger partial charge is 0.303 e. The Morgan fingerprint density at radius 3 is 2.48 bits per heavy atom. The Morgan fingerprint density at radius 1 is 1.17 bits per heavy atom. The zero-order chi connectivity index (χ0) is 31.2. The zero-order valence-corrected chi connectivity index (χ0v) is 25.7. The van der Waals surface area contributed by atoms with E-state index in [1.165, 1.54) is 7.05 Å². The van der Waals surface area contributed by atoms with E-state index in [1.807, 2.05) is 51.8 Å². The van der Waals surface area contributed by atoms with Gasteiger partial charge in [-0.3, -0.25) is 19.8 Å². The predicted octanol–water partition coefficient (Wildman–Crippen LogP) is 4.25. The number of amides is 1. The van der Waals surface area contributed by atoms with E-state index >= 15 is 0 Å². The summed E-state index contributed by atoms with van der Waals surface area (Å²) in [5.41, 5.74) is 2.91. The van der Waals surface area contributed by atoms with E-state index in [0.717, 1.165) is 24.2 Å². The van der Waals surface area contributed by atoms with Crippen LogP contribution < -0.4 is 19.7 Å². The normalized spacial score (nSPS) is 12.6. The number of carbonyl (C=O) groups excluding carboxylic acids is 2. The second kappa shape index (κ2) is 13.7. The topological polar surface area (TPSA) is 145 Å². The van der Waals surface area contributed by atoms with Crippen LogP contribution in [0, 0.1) is 5.41 Å². The summed E-state index contributed by atoms with van der Waals surface area (Å²) in [6, 6.07) is 5.39. The van der Waals surface area contributed by atoms with Crippen LogP contribution in [-0.4, -0.2) is 78.9 Å². The van der Waals surface area contributed by atoms with Gasteiger partial charge in [0.05, 0.1) is 25.4 Å². The van der Waals surface area contributed by atoms with E-state index in [1.54, 1.807) is 11.0 Å². The van der Waals surface area contributed by atoms with Crippen molar-refractivity contribution in [2.75, 3.05) is 45.3 Å². The van der Waals surface area contributed by atoms with Crippen molar-refractivity contribution in [3.63, 3.8) is 0 Å². The molecular weight excluding hydrogens is 538 g/mol. The molecule has 0 radical (unpaired) electrons. The van der Waals surface area contributed by atoms with Crippen LogP contribution in [0.15, 0.2) is 18.2 Å². The van der Waals surface area contributed by atoms with Crippen molar-refractivity contribution in [3.05, 3.63) is 46.3 Å². The lowest BCUT2D eigenvalue weighted by Crippen LogP contribution is -2.31. The van der Waals surface area contributed by atoms with E-state index in [-0.39, 0.29) is 42.3 Å². The van der Waals surface area contributed by atoms with Gasteiger partial charge in [-0.15, -0.1) is 0 Å². The maximum Gasteiger partial charge on any atom is 0.303 e. The van der Waals surface area contributed by atoms with Crippen molar-refractivity contribution in [1.29, 1.82) is 5.41 Å². The predicted molar refractivity (Wildman–Crippen MR) is 161 cm³/mol. The highest BCUT2D eigenvalue weighted by molar-refractivity contribution is 6.06. The molecule has 0 bridgehead atoms. The number of anilines is 1. The number of fused-ring (bicyclic) bond motifs is 1. The van der Waals surface area contributed by atoms with E-state index in [9.17, 15) is 14.4 Å². The number of aliphatic carboxylic acids is 1. The number of pyridine rings is 1. The molecular formula is C31H43N5O6. The number of ether oxygens (including phenoxy) is 2. The molecule has 0 saturated heterocycles. The van der Waals surface area contributed by atoms with Crippen LogP contribution in [0.25, 0.3) is 0 Å². The molecule has 11 nitrogen and oxygen atoms in total. The van der Waals surface area contributed by atoms with Crippen LogP contribution in [0.5, 0.6) is 11.5 Å². The number of carbonyl (C=O) groups is 3. The largest absolute Gasteiger partial charge is 0.491 e. The summed E-state index contributed by atoms with van der Waals surface area (Å²) in [6.45, 7) is 11.6. The molecule has 2 heterocycles. The number of amidine groups is 1. The highest BCUT2D eigenvalue weighted by Crippen LogP contribution is 2.40. The number of Topliss-reactive ketones (excluding diaryl/α,β-unsaturated/α-hetero) is 1. The first-order valence-electron chi connectivity index (χ1n) is 14.3. The second-order valence-corrected chi connectivity index (χ2v) is 11.4. The zero-order valence-electron chi connectivity index (χ0n) is 25.7. The monoisotopic (exact) mass is 581 g/mol. The SMILES string of the molecule is CCCN(C)c1cc(C(=O)CN2Cc3cc(OCC)c(C(=O)NC)nc3C2=N)cc(C(C)(C)C)c1OCCCC(=O)O. The number of rotatable bonds is 14. The summed E-state index contributed by atoms with van der Waals surface area (Å²) in [5.74, 6) is -0.387. The molecule has 1 aromatic carbocycles. The van der Waals surface area contributed by atoms with Gasteiger partial charge in [-0.2, -0.15) is 0 Å². The number of nitrogens with zero attached hydrogens (tertiary/aromatic N) is 3. The van der Waals surface area contributed by atoms with Gasteiger partial charge in [-0.25, -0.2) is 4.98 Å². The van der Waals surface area contributed by atoms with Crippen LogP contribution >= 0.6 is 0 Å². The highest BCUT2D eigenvalue weighted by Gasteiger charge is 2.32. The fourth-order valence-corrected chi connectivity index (χ4v) is 4.86. The number of aromatic nitrogens is 1. The second-order valence-electron chi connectivity index (χ2n) is 11.4. The average Bonchev–Trinajstić information content (AvgIpc) is 3.23. The van der Waals surface area contributed by atoms with Gasteiger partial charge in [0.2, 0.25) is 0 Å². The van der Waals surface area contributed by atoms with Crippen molar-refractivity contribution in [2.24, 2.45) is 0 Å². The first-order valence-corrected chi connectivity index (χ1v) is 14.3. The molecule has 3 N–H and O–H groups in total. The third kappa shape index (κ3) is 7.37. The van der Waals surface area contributed by atoms with Gasteiger partial charge >= 0.3 is 5.97 Å². The molecule has 0 unspecified atom stereocenters. The number of ketones is 1. The number of hydrogen-bond donors (Lipinski definition) is 3. The standard InChI is InChI=1S/C31H43N5O6/c1-8-12-35(7)22-15-19(14-21(31(3,4)5)28(22)42-13-10-11-25(38)39)23(37)18-36-17-20-16-24(41-9-2)27(30(40)33-6)34-26(20)29(36)32/h14-16,32H,8-13,17-18H2,1-7H3,(H,33,40)(H,38,39). The van der Waals surface area contributed by atoms with Crippen molar-refractivity contribution in [2.45, 2.75) is 65.8 Å². The van der Waals surface area contributed by atoms with Gasteiger partial charge in [-0.1, -0.05) is 27.7 Å². The maximum absolute atomic E-state index is 13.8. The van der Waals surface area contributed by atoms with Gasteiger partial charge in [0.25, 0.3) is 5.91 Å². The number of hydrogen-bond acceptors (Lipinski definition) is 8. The quantitative estimate of drug-likeness (QED) is 0.220. The summed E-state index contributed by atoms with van der Waals surface area (Å²) in [5, 5.41) is 20.3. The molecule has 2 aromatic rings. The molecule has 228 valence electrons. The average molecular weight is 582 g/mol. The van der Waals surface area contributed by atoms with Crippen molar-refractivity contribution in [1.82, 2.24) is 15.2 Å². The van der Waals surface area contributed by atoms with Crippen LogP contribution in [-0.2, 0) is 16.8 Å². The lowest BCUT2D eigenvalue weighted by atomic mass is 9.84. The Bertz CT molecular complexity index is 1350. The molecule has 3 rings (SSSR count). The van der Waals surface area contributed by atoms with E-state index in [2.05, 4.69) is 17.2 Å². The Hall–Kier alpha value is -4.15. The summed E-state index contributed by atoms with van der Waals surface area (Å²) >= 11 is 0. The van der Waals surface area contributed by atoms with E-state index in [0.29, 0.717) is 47.9 Å². The van der Waals surface area contributed by atoms with Crippen molar-refractivity contribution >= 4 is 29.2 Å². The number of carboxylic acids is 1. The van der Waals surface area contributed by atoms with Crippen molar-refractivity contribution < 1.29 is 29.0 Å². The van der Waals surface area contributed by atoms with E-state index in [4.69, 9.17) is 20.0 Å². The number of benzene rings is 1. The Kier molecular flexibility index (Phi) is 10.5. The minimum Gasteiger partial charge on any atom is -0.491 e. The van der Waals surface area contributed by atoms with E-state index < -0.39 is 11.9 Å². The summed E-state index contributed by atoms with van der Waals surface area (Å²) in [7, 11) is 3.45. The lowest BCUT2D eigenvalue weighted by molar-refractivity contribution is -0.137. The van der Waals surface area contributed by atoms with Crippen LogP contribution in [0.4, 0.5) is 5.69 Å². The summed E-state index contributed by atoms with van der Waals surface area (Å²) in [4.78, 5) is 45.3. The molecule has 0 fully saturated rings. The molecule has 0 saturated carbocycles. The molecule has 42 heavy (non-hydrogen) atoms. The Labute approximate surface area is 247 Å². The number of nitrogens with one attached hydrogen (secondary N) is 2.